The highest BCUT2D eigenvalue weighted by molar-refractivity contribution is 5.72. The molecule has 1 aliphatic heterocycles. The fraction of sp³-hybridized carbons (Fsp3) is 0.889. The van der Waals surface area contributed by atoms with Crippen molar-refractivity contribution in [2.75, 3.05) is 19.6 Å². The van der Waals surface area contributed by atoms with E-state index >= 15 is 0 Å². The van der Waals surface area contributed by atoms with E-state index in [1.54, 1.807) is 0 Å². The largest absolute Gasteiger partial charge is 0.330 e. The lowest BCUT2D eigenvalue weighted by Gasteiger charge is -2.02. The van der Waals surface area contributed by atoms with Crippen LogP contribution in [0.25, 0.3) is 0 Å². The Morgan fingerprint density at radius 2 is 1.92 bits per heavy atom. The zero-order valence-corrected chi connectivity index (χ0v) is 7.92. The minimum absolute atomic E-state index is 0.342. The van der Waals surface area contributed by atoms with Gasteiger partial charge in [-0.1, -0.05) is 0 Å². The average Bonchev–Trinajstić information content (AvgIpc) is 2.71. The number of nitrogens with two attached hydrogens (primary N) is 2. The van der Waals surface area contributed by atoms with Crippen molar-refractivity contribution < 1.29 is 4.58 Å². The van der Waals surface area contributed by atoms with E-state index in [0.29, 0.717) is 5.54 Å². The van der Waals surface area contributed by atoms with Crippen molar-refractivity contribution in [2.24, 2.45) is 11.5 Å². The molecule has 0 fully saturated rings. The van der Waals surface area contributed by atoms with Gasteiger partial charge in [-0.15, -0.1) is 0 Å². The van der Waals surface area contributed by atoms with Gasteiger partial charge in [0, 0.05) is 19.8 Å². The van der Waals surface area contributed by atoms with Crippen LogP contribution in [0.1, 0.15) is 26.2 Å². The first-order chi connectivity index (χ1) is 5.73. The van der Waals surface area contributed by atoms with Crippen LogP contribution in [0.2, 0.25) is 0 Å². The molecule has 1 heterocycles. The van der Waals surface area contributed by atoms with E-state index in [1.807, 2.05) is 0 Å². The molecular weight excluding hydrogens is 150 g/mol. The normalized spacial score (nSPS) is 27.1. The summed E-state index contributed by atoms with van der Waals surface area (Å²) in [5.41, 5.74) is 11.2. The van der Waals surface area contributed by atoms with Crippen LogP contribution in [0.5, 0.6) is 0 Å². The molecule has 3 nitrogen and oxygen atoms in total. The van der Waals surface area contributed by atoms with Crippen molar-refractivity contribution in [3.8, 4) is 0 Å². The molecule has 0 amide bonds. The summed E-state index contributed by atoms with van der Waals surface area (Å²) in [6.45, 7) is 4.96. The molecule has 70 valence electrons. The highest BCUT2D eigenvalue weighted by atomic mass is 15.2. The molecule has 0 aromatic carbocycles. The summed E-state index contributed by atoms with van der Waals surface area (Å²) in [7, 11) is 0. The Balaban J connectivity index is 2.13. The molecule has 1 aliphatic rings. The molecule has 0 aromatic heterocycles. The van der Waals surface area contributed by atoms with Gasteiger partial charge in [0.05, 0.1) is 0 Å². The van der Waals surface area contributed by atoms with E-state index in [-0.39, 0.29) is 0 Å². The van der Waals surface area contributed by atoms with Crippen LogP contribution in [0.15, 0.2) is 0 Å². The van der Waals surface area contributed by atoms with Gasteiger partial charge in [0.1, 0.15) is 6.54 Å². The third-order valence-electron chi connectivity index (χ3n) is 2.51. The van der Waals surface area contributed by atoms with Gasteiger partial charge in [0.25, 0.3) is 0 Å². The van der Waals surface area contributed by atoms with Crippen LogP contribution in [-0.4, -0.2) is 36.0 Å². The van der Waals surface area contributed by atoms with Gasteiger partial charge in [0.15, 0.2) is 0 Å². The molecule has 12 heavy (non-hydrogen) atoms. The second kappa shape index (κ2) is 4.01. The maximum atomic E-state index is 5.46. The second-order valence-corrected chi connectivity index (χ2v) is 3.71. The van der Waals surface area contributed by atoms with Crippen molar-refractivity contribution in [2.45, 2.75) is 31.7 Å². The molecule has 1 rings (SSSR count). The Labute approximate surface area is 74.4 Å². The van der Waals surface area contributed by atoms with Crippen LogP contribution >= 0.6 is 0 Å². The maximum Gasteiger partial charge on any atom is 0.234 e. The van der Waals surface area contributed by atoms with E-state index in [2.05, 4.69) is 17.7 Å². The molecule has 4 N–H and O–H groups in total. The first-order valence-electron chi connectivity index (χ1n) is 4.76. The van der Waals surface area contributed by atoms with Crippen LogP contribution in [0.4, 0.5) is 0 Å². The predicted molar refractivity (Wildman–Crippen MR) is 51.6 cm³/mol. The van der Waals surface area contributed by atoms with Crippen molar-refractivity contribution in [1.29, 1.82) is 0 Å². The minimum atomic E-state index is 0.342. The Kier molecular flexibility index (Phi) is 3.23. The number of hydrogen-bond acceptors (Lipinski definition) is 2. The average molecular weight is 170 g/mol. The lowest BCUT2D eigenvalue weighted by Crippen LogP contribution is -2.21. The number of hydrogen-bond donors (Lipinski definition) is 2. The number of nitrogens with zero attached hydrogens (tertiary/aromatic N) is 1. The fourth-order valence-corrected chi connectivity index (χ4v) is 1.56. The predicted octanol–water partition coefficient (Wildman–Crippen LogP) is -0.0703. The summed E-state index contributed by atoms with van der Waals surface area (Å²) in [6, 6.07) is 0. The molecule has 0 saturated heterocycles. The molecule has 0 saturated carbocycles. The SMILES string of the molecule is CC1(CCCN)C=[N+]1CCCN. The van der Waals surface area contributed by atoms with Gasteiger partial charge in [-0.3, -0.25) is 0 Å². The third-order valence-corrected chi connectivity index (χ3v) is 2.51. The van der Waals surface area contributed by atoms with Gasteiger partial charge in [-0.05, 0) is 19.5 Å². The van der Waals surface area contributed by atoms with Crippen molar-refractivity contribution in [3.05, 3.63) is 0 Å². The van der Waals surface area contributed by atoms with Crippen LogP contribution in [0, 0.1) is 0 Å². The Morgan fingerprint density at radius 1 is 1.25 bits per heavy atom. The molecule has 0 aromatic rings. The van der Waals surface area contributed by atoms with Crippen LogP contribution in [0.3, 0.4) is 0 Å². The standard InChI is InChI=1S/C9H20N3/c1-9(4-2-5-10)8-12(9)7-3-6-11/h8H,2-7,10-11H2,1H3/q+1. The van der Waals surface area contributed by atoms with Crippen LogP contribution < -0.4 is 11.5 Å². The highest BCUT2D eigenvalue weighted by Crippen LogP contribution is 2.24. The summed E-state index contributed by atoms with van der Waals surface area (Å²) >= 11 is 0. The Morgan fingerprint density at radius 3 is 2.50 bits per heavy atom. The van der Waals surface area contributed by atoms with Gasteiger partial charge in [0.2, 0.25) is 11.8 Å². The monoisotopic (exact) mass is 170 g/mol. The number of rotatable bonds is 6. The zero-order chi connectivity index (χ0) is 9.03. The van der Waals surface area contributed by atoms with Gasteiger partial charge in [-0.2, -0.15) is 0 Å². The van der Waals surface area contributed by atoms with Crippen molar-refractivity contribution >= 4 is 6.21 Å². The van der Waals surface area contributed by atoms with Gasteiger partial charge < -0.3 is 11.5 Å². The van der Waals surface area contributed by atoms with Gasteiger partial charge in [-0.25, -0.2) is 4.58 Å². The summed E-state index contributed by atoms with van der Waals surface area (Å²) in [5.74, 6) is 0. The second-order valence-electron chi connectivity index (χ2n) is 3.71. The zero-order valence-electron chi connectivity index (χ0n) is 7.92. The van der Waals surface area contributed by atoms with E-state index in [4.69, 9.17) is 11.5 Å². The molecule has 0 bridgehead atoms. The van der Waals surface area contributed by atoms with E-state index in [1.165, 1.54) is 6.42 Å². The molecule has 3 heteroatoms. The summed E-state index contributed by atoms with van der Waals surface area (Å²) in [4.78, 5) is 0. The lowest BCUT2D eigenvalue weighted by molar-refractivity contribution is -0.502. The van der Waals surface area contributed by atoms with Crippen molar-refractivity contribution in [3.63, 3.8) is 0 Å². The Bertz CT molecular complexity index is 177. The Hall–Kier alpha value is -0.410. The summed E-state index contributed by atoms with van der Waals surface area (Å²) < 4.78 is 2.37. The summed E-state index contributed by atoms with van der Waals surface area (Å²) in [5, 5.41) is 0. The third kappa shape index (κ3) is 2.29. The molecule has 0 aliphatic carbocycles. The van der Waals surface area contributed by atoms with E-state index in [9.17, 15) is 0 Å². The van der Waals surface area contributed by atoms with E-state index in [0.717, 1.165) is 32.5 Å². The highest BCUT2D eigenvalue weighted by Gasteiger charge is 2.48. The van der Waals surface area contributed by atoms with Crippen LogP contribution in [-0.2, 0) is 0 Å². The van der Waals surface area contributed by atoms with E-state index < -0.39 is 0 Å². The minimum Gasteiger partial charge on any atom is -0.330 e. The lowest BCUT2D eigenvalue weighted by atomic mass is 10.0. The van der Waals surface area contributed by atoms with Crippen molar-refractivity contribution in [1.82, 2.24) is 0 Å². The fourth-order valence-electron chi connectivity index (χ4n) is 1.56. The summed E-state index contributed by atoms with van der Waals surface area (Å²) in [6.07, 6.45) is 5.69. The first kappa shape index (κ1) is 9.68. The molecule has 0 radical (unpaired) electrons. The smallest absolute Gasteiger partial charge is 0.234 e. The topological polar surface area (TPSA) is 55.0 Å². The maximum absolute atomic E-state index is 5.46. The molecule has 0 spiro atoms. The quantitative estimate of drug-likeness (QED) is 0.548. The molecule has 1 atom stereocenters. The molecular formula is C9H20N3+. The first-order valence-corrected chi connectivity index (χ1v) is 4.76. The molecule has 1 unspecified atom stereocenters. The van der Waals surface area contributed by atoms with Gasteiger partial charge >= 0.3 is 0 Å².